The highest BCUT2D eigenvalue weighted by Crippen LogP contribution is 2.44. The molecule has 0 bridgehead atoms. The molecule has 0 saturated carbocycles. The van der Waals surface area contributed by atoms with Gasteiger partial charge in [-0.3, -0.25) is 0 Å². The van der Waals surface area contributed by atoms with Crippen LogP contribution < -0.4 is 4.90 Å². The second-order valence-electron chi connectivity index (χ2n) is 16.9. The van der Waals surface area contributed by atoms with Gasteiger partial charge in [0.2, 0.25) is 0 Å². The Morgan fingerprint density at radius 2 is 0.846 bits per heavy atom. The fraction of sp³-hybridized carbons (Fsp3) is 0. The van der Waals surface area contributed by atoms with Crippen molar-refractivity contribution in [3.8, 4) is 39.1 Å². The first-order valence-electron chi connectivity index (χ1n) is 22.2. The van der Waals surface area contributed by atoms with Crippen molar-refractivity contribution < 1.29 is 0 Å². The summed E-state index contributed by atoms with van der Waals surface area (Å²) in [5.41, 5.74) is 14.2. The normalized spacial score (nSPS) is 11.7. The quantitative estimate of drug-likeness (QED) is 0.155. The molecule has 0 atom stereocenters. The van der Waals surface area contributed by atoms with E-state index in [9.17, 15) is 0 Å². The first kappa shape index (κ1) is 37.3. The van der Waals surface area contributed by atoms with Gasteiger partial charge in [0.15, 0.2) is 0 Å². The molecule has 0 unspecified atom stereocenters. The number of aromatic nitrogens is 1. The molecule has 0 aliphatic carbocycles. The molecule has 0 amide bonds. The Morgan fingerprint density at radius 3 is 1.62 bits per heavy atom. The number of hydrogen-bond donors (Lipinski definition) is 0. The van der Waals surface area contributed by atoms with E-state index < -0.39 is 0 Å². The zero-order valence-electron chi connectivity index (χ0n) is 35.4. The van der Waals surface area contributed by atoms with E-state index in [0.717, 1.165) is 17.1 Å². The maximum Gasteiger partial charge on any atom is 0.0541 e. The third-order valence-electron chi connectivity index (χ3n) is 13.2. The van der Waals surface area contributed by atoms with Gasteiger partial charge in [0.1, 0.15) is 0 Å². The van der Waals surface area contributed by atoms with Crippen molar-refractivity contribution in [1.82, 2.24) is 4.57 Å². The summed E-state index contributed by atoms with van der Waals surface area (Å²) in [6.07, 6.45) is 0. The number of rotatable bonds is 7. The predicted molar refractivity (Wildman–Crippen MR) is 280 cm³/mol. The molecular formula is C62H40N2S. The minimum atomic E-state index is 1.11. The van der Waals surface area contributed by atoms with Crippen LogP contribution in [0.1, 0.15) is 0 Å². The SMILES string of the molecule is c1ccc(-c2cccc3cccc(-c4ccc(N(c5ccc6cc(-c7ccccc7-n7c8ccccc8c8ccccc87)ccc6c5)c5ccc6c(c5)sc5ccccc56)cc4)c23)cc1. The molecule has 0 aliphatic rings. The number of anilines is 3. The van der Waals surface area contributed by atoms with Crippen LogP contribution in [0.5, 0.6) is 0 Å². The van der Waals surface area contributed by atoms with Crippen LogP contribution in [0.3, 0.4) is 0 Å². The lowest BCUT2D eigenvalue weighted by atomic mass is 9.91. The highest BCUT2D eigenvalue weighted by atomic mass is 32.1. The van der Waals surface area contributed by atoms with E-state index in [2.05, 4.69) is 252 Å². The van der Waals surface area contributed by atoms with Crippen molar-refractivity contribution in [3.63, 3.8) is 0 Å². The molecule has 13 aromatic rings. The van der Waals surface area contributed by atoms with Gasteiger partial charge in [0.25, 0.3) is 0 Å². The molecule has 2 aromatic heterocycles. The molecule has 65 heavy (non-hydrogen) atoms. The molecule has 0 fully saturated rings. The van der Waals surface area contributed by atoms with Gasteiger partial charge in [-0.2, -0.15) is 0 Å². The van der Waals surface area contributed by atoms with Gasteiger partial charge in [0, 0.05) is 53.6 Å². The van der Waals surface area contributed by atoms with E-state index in [1.54, 1.807) is 0 Å². The van der Waals surface area contributed by atoms with Crippen LogP contribution in [0.2, 0.25) is 0 Å². The summed E-state index contributed by atoms with van der Waals surface area (Å²) in [4.78, 5) is 2.41. The third-order valence-corrected chi connectivity index (χ3v) is 14.3. The first-order valence-corrected chi connectivity index (χ1v) is 23.1. The lowest BCUT2D eigenvalue weighted by Crippen LogP contribution is -2.09. The second kappa shape index (κ2) is 15.2. The monoisotopic (exact) mass is 844 g/mol. The molecule has 0 aliphatic heterocycles. The molecular weight excluding hydrogens is 805 g/mol. The molecule has 304 valence electrons. The van der Waals surface area contributed by atoms with Crippen LogP contribution in [0.25, 0.3) is 103 Å². The number of para-hydroxylation sites is 3. The van der Waals surface area contributed by atoms with Gasteiger partial charge in [0.05, 0.1) is 16.7 Å². The predicted octanol–water partition coefficient (Wildman–Crippen LogP) is 17.9. The van der Waals surface area contributed by atoms with Crippen molar-refractivity contribution in [2.45, 2.75) is 0 Å². The Balaban J connectivity index is 0.929. The zero-order chi connectivity index (χ0) is 42.8. The molecule has 3 heteroatoms. The van der Waals surface area contributed by atoms with Gasteiger partial charge in [-0.05, 0) is 116 Å². The van der Waals surface area contributed by atoms with Crippen LogP contribution in [0, 0.1) is 0 Å². The van der Waals surface area contributed by atoms with E-state index in [4.69, 9.17) is 0 Å². The van der Waals surface area contributed by atoms with Crippen molar-refractivity contribution in [2.75, 3.05) is 4.90 Å². The number of hydrogen-bond acceptors (Lipinski definition) is 2. The van der Waals surface area contributed by atoms with Crippen LogP contribution in [0.15, 0.2) is 243 Å². The average Bonchev–Trinajstić information content (AvgIpc) is 3.92. The van der Waals surface area contributed by atoms with Gasteiger partial charge in [-0.25, -0.2) is 0 Å². The number of fused-ring (bicyclic) bond motifs is 8. The standard InChI is InChI=1S/C62H40N2S/c1-2-14-41(15-3-1)51-22-12-16-43-17-13-23-52(62(43)51)42-30-33-47(34-31-42)63(49-36-37-56-55-21-7-11-27-60(55)65-61(56)40-49)48-35-32-44-38-46(29-28-45(44)39-48)50-18-4-8-24-57(50)64-58-25-9-5-19-53(58)54-20-6-10-26-59(54)64/h1-40H. The van der Waals surface area contributed by atoms with Crippen LogP contribution in [0.4, 0.5) is 17.1 Å². The third kappa shape index (κ3) is 6.24. The topological polar surface area (TPSA) is 8.17 Å². The summed E-state index contributed by atoms with van der Waals surface area (Å²) in [5.74, 6) is 0. The largest absolute Gasteiger partial charge is 0.310 e. The van der Waals surface area contributed by atoms with Crippen LogP contribution >= 0.6 is 11.3 Å². The molecule has 0 radical (unpaired) electrons. The molecule has 11 aromatic carbocycles. The first-order chi connectivity index (χ1) is 32.2. The van der Waals surface area contributed by atoms with E-state index in [1.165, 1.54) is 103 Å². The molecule has 0 saturated heterocycles. The average molecular weight is 845 g/mol. The number of benzene rings is 11. The summed E-state index contributed by atoms with van der Waals surface area (Å²) in [5, 5.41) is 10.0. The van der Waals surface area contributed by atoms with Crippen molar-refractivity contribution in [1.29, 1.82) is 0 Å². The Kier molecular flexibility index (Phi) is 8.75. The Hall–Kier alpha value is -8.24. The minimum absolute atomic E-state index is 1.11. The summed E-state index contributed by atoms with van der Waals surface area (Å²) in [7, 11) is 0. The highest BCUT2D eigenvalue weighted by molar-refractivity contribution is 7.25. The van der Waals surface area contributed by atoms with E-state index in [0.29, 0.717) is 0 Å². The number of thiophene rings is 1. The summed E-state index contributed by atoms with van der Waals surface area (Å²) in [6.45, 7) is 0. The molecule has 0 N–H and O–H groups in total. The Labute approximate surface area is 381 Å². The lowest BCUT2D eigenvalue weighted by molar-refractivity contribution is 1.18. The minimum Gasteiger partial charge on any atom is -0.310 e. The van der Waals surface area contributed by atoms with Crippen molar-refractivity contribution in [3.05, 3.63) is 243 Å². The van der Waals surface area contributed by atoms with E-state index in [-0.39, 0.29) is 0 Å². The fourth-order valence-electron chi connectivity index (χ4n) is 10.2. The molecule has 13 rings (SSSR count). The zero-order valence-corrected chi connectivity index (χ0v) is 36.2. The van der Waals surface area contributed by atoms with Gasteiger partial charge < -0.3 is 9.47 Å². The molecule has 2 heterocycles. The second-order valence-corrected chi connectivity index (χ2v) is 18.0. The van der Waals surface area contributed by atoms with Crippen LogP contribution in [-0.2, 0) is 0 Å². The fourth-order valence-corrected chi connectivity index (χ4v) is 11.3. The summed E-state index contributed by atoms with van der Waals surface area (Å²) >= 11 is 1.86. The summed E-state index contributed by atoms with van der Waals surface area (Å²) in [6, 6.07) is 89.0. The molecule has 0 spiro atoms. The van der Waals surface area contributed by atoms with Crippen LogP contribution in [-0.4, -0.2) is 4.57 Å². The Morgan fingerprint density at radius 1 is 0.308 bits per heavy atom. The van der Waals surface area contributed by atoms with Gasteiger partial charge in [-0.15, -0.1) is 11.3 Å². The smallest absolute Gasteiger partial charge is 0.0541 e. The van der Waals surface area contributed by atoms with E-state index in [1.807, 2.05) is 11.3 Å². The maximum atomic E-state index is 2.42. The number of nitrogens with zero attached hydrogens (tertiary/aromatic N) is 2. The maximum absolute atomic E-state index is 2.42. The van der Waals surface area contributed by atoms with Crippen molar-refractivity contribution in [2.24, 2.45) is 0 Å². The van der Waals surface area contributed by atoms with Gasteiger partial charge in [-0.1, -0.05) is 176 Å². The van der Waals surface area contributed by atoms with E-state index >= 15 is 0 Å². The lowest BCUT2D eigenvalue weighted by Gasteiger charge is -2.26. The van der Waals surface area contributed by atoms with Crippen molar-refractivity contribution >= 4 is 91.9 Å². The Bertz CT molecular complexity index is 3890. The summed E-state index contributed by atoms with van der Waals surface area (Å²) < 4.78 is 5.01. The highest BCUT2D eigenvalue weighted by Gasteiger charge is 2.19. The van der Waals surface area contributed by atoms with Gasteiger partial charge >= 0.3 is 0 Å². The molecule has 2 nitrogen and oxygen atoms in total.